The van der Waals surface area contributed by atoms with Gasteiger partial charge in [0.25, 0.3) is 0 Å². The number of ketones is 1. The van der Waals surface area contributed by atoms with Crippen LogP contribution in [-0.4, -0.2) is 11.9 Å². The van der Waals surface area contributed by atoms with Gasteiger partial charge in [0, 0.05) is 6.42 Å². The van der Waals surface area contributed by atoms with Crippen LogP contribution in [0, 0.1) is 6.92 Å². The van der Waals surface area contributed by atoms with E-state index >= 15 is 0 Å². The predicted molar refractivity (Wildman–Crippen MR) is 75.6 cm³/mol. The summed E-state index contributed by atoms with van der Waals surface area (Å²) in [5.74, 6) is 0.910. The molecule has 2 heterocycles. The van der Waals surface area contributed by atoms with Gasteiger partial charge in [-0.05, 0) is 46.1 Å². The average Bonchev–Trinajstić information content (AvgIpc) is 2.93. The highest BCUT2D eigenvalue weighted by molar-refractivity contribution is 9.11. The van der Waals surface area contributed by atoms with E-state index in [4.69, 9.17) is 4.74 Å². The number of carbonyl (C=O) groups is 1. The number of rotatable bonds is 2. The van der Waals surface area contributed by atoms with Gasteiger partial charge in [-0.3, -0.25) is 4.79 Å². The summed E-state index contributed by atoms with van der Waals surface area (Å²) in [4.78, 5) is 13.1. The van der Waals surface area contributed by atoms with Crippen molar-refractivity contribution in [3.05, 3.63) is 50.1 Å². The van der Waals surface area contributed by atoms with E-state index in [0.717, 1.165) is 25.5 Å². The van der Waals surface area contributed by atoms with Crippen LogP contribution in [0.25, 0.3) is 0 Å². The van der Waals surface area contributed by atoms with Gasteiger partial charge in [-0.2, -0.15) is 0 Å². The number of fused-ring (bicyclic) bond motifs is 1. The van der Waals surface area contributed by atoms with Crippen LogP contribution in [0.3, 0.4) is 0 Å². The molecule has 18 heavy (non-hydrogen) atoms. The Hall–Kier alpha value is -1.13. The van der Waals surface area contributed by atoms with Gasteiger partial charge in [-0.25, -0.2) is 0 Å². The Labute approximate surface area is 118 Å². The first-order valence-corrected chi connectivity index (χ1v) is 7.31. The third kappa shape index (κ3) is 1.99. The van der Waals surface area contributed by atoms with Crippen molar-refractivity contribution in [3.63, 3.8) is 0 Å². The molecule has 1 aromatic carbocycles. The number of halogens is 1. The number of thiophene rings is 1. The van der Waals surface area contributed by atoms with Gasteiger partial charge in [0.2, 0.25) is 5.78 Å². The Morgan fingerprint density at radius 3 is 2.89 bits per heavy atom. The maximum atomic E-state index is 12.3. The second-order valence-corrected chi connectivity index (χ2v) is 6.72. The second kappa shape index (κ2) is 4.52. The van der Waals surface area contributed by atoms with Crippen molar-refractivity contribution in [1.29, 1.82) is 0 Å². The first kappa shape index (κ1) is 11.9. The summed E-state index contributed by atoms with van der Waals surface area (Å²) in [6, 6.07) is 9.75. The summed E-state index contributed by atoms with van der Waals surface area (Å²) in [6.45, 7) is 1.99. The highest BCUT2D eigenvalue weighted by Gasteiger charge is 2.30. The number of hydrogen-bond donors (Lipinski definition) is 0. The fourth-order valence-electron chi connectivity index (χ4n) is 2.07. The molecule has 1 aliphatic heterocycles. The van der Waals surface area contributed by atoms with Crippen molar-refractivity contribution in [1.82, 2.24) is 0 Å². The van der Waals surface area contributed by atoms with Crippen LogP contribution in [0.4, 0.5) is 0 Å². The summed E-state index contributed by atoms with van der Waals surface area (Å²) in [5.41, 5.74) is 2.21. The molecule has 0 radical (unpaired) electrons. The molecule has 0 amide bonds. The molecule has 1 aromatic heterocycles. The molecule has 0 bridgehead atoms. The number of para-hydroxylation sites is 1. The summed E-state index contributed by atoms with van der Waals surface area (Å²) in [6.07, 6.45) is 0.302. The topological polar surface area (TPSA) is 26.3 Å². The number of Topliss-reactive ketones (excluding diaryl/α,β-unsaturated/α-hetero) is 1. The minimum absolute atomic E-state index is 0.0741. The smallest absolute Gasteiger partial charge is 0.213 e. The second-order valence-electron chi connectivity index (χ2n) is 4.35. The lowest BCUT2D eigenvalue weighted by molar-refractivity contribution is 0.0829. The number of carbonyl (C=O) groups excluding carboxylic acids is 1. The molecule has 4 heteroatoms. The molecule has 1 atom stereocenters. The maximum absolute atomic E-state index is 12.3. The molecule has 0 fully saturated rings. The molecule has 92 valence electrons. The first-order valence-electron chi connectivity index (χ1n) is 5.70. The van der Waals surface area contributed by atoms with E-state index in [-0.39, 0.29) is 11.9 Å². The molecule has 0 aliphatic carbocycles. The number of hydrogen-bond acceptors (Lipinski definition) is 3. The van der Waals surface area contributed by atoms with Gasteiger partial charge in [-0.15, -0.1) is 11.3 Å². The Bertz CT molecular complexity index is 574. The molecule has 0 saturated carbocycles. The molecule has 0 saturated heterocycles. The van der Waals surface area contributed by atoms with Crippen LogP contribution in [0.15, 0.2) is 34.1 Å². The number of benzene rings is 1. The van der Waals surface area contributed by atoms with E-state index in [9.17, 15) is 4.79 Å². The van der Waals surface area contributed by atoms with Crippen LogP contribution in [0.2, 0.25) is 0 Å². The Kier molecular flexibility index (Phi) is 2.99. The molecule has 0 spiro atoms. The normalized spacial score (nSPS) is 17.3. The minimum Gasteiger partial charge on any atom is -0.482 e. The zero-order valence-corrected chi connectivity index (χ0v) is 12.2. The van der Waals surface area contributed by atoms with E-state index in [1.165, 1.54) is 11.3 Å². The van der Waals surface area contributed by atoms with Crippen molar-refractivity contribution in [2.24, 2.45) is 0 Å². The average molecular weight is 323 g/mol. The van der Waals surface area contributed by atoms with Crippen LogP contribution >= 0.6 is 27.3 Å². The third-order valence-electron chi connectivity index (χ3n) is 3.04. The summed E-state index contributed by atoms with van der Waals surface area (Å²) < 4.78 is 6.73. The Balaban J connectivity index is 1.84. The zero-order valence-electron chi connectivity index (χ0n) is 9.77. The lowest BCUT2D eigenvalue weighted by Crippen LogP contribution is -2.24. The van der Waals surface area contributed by atoms with E-state index in [1.54, 1.807) is 0 Å². The molecule has 2 nitrogen and oxygen atoms in total. The van der Waals surface area contributed by atoms with Gasteiger partial charge in [0.05, 0.1) is 8.66 Å². The van der Waals surface area contributed by atoms with Crippen molar-refractivity contribution >= 4 is 33.0 Å². The van der Waals surface area contributed by atoms with Crippen LogP contribution in [-0.2, 0) is 6.42 Å². The molecular weight excluding hydrogens is 312 g/mol. The maximum Gasteiger partial charge on any atom is 0.213 e. The van der Waals surface area contributed by atoms with E-state index in [1.807, 2.05) is 37.3 Å². The van der Waals surface area contributed by atoms with E-state index < -0.39 is 0 Å². The van der Waals surface area contributed by atoms with Gasteiger partial charge in [0.15, 0.2) is 6.10 Å². The van der Waals surface area contributed by atoms with Crippen molar-refractivity contribution in [2.45, 2.75) is 19.4 Å². The predicted octanol–water partition coefficient (Wildman–Crippen LogP) is 4.01. The van der Waals surface area contributed by atoms with Gasteiger partial charge in [0.1, 0.15) is 5.75 Å². The SMILES string of the molecule is Cc1cc(C(=O)C2Cc3ccccc3O2)sc1Br. The molecular formula is C14H11BrO2S. The summed E-state index contributed by atoms with van der Waals surface area (Å²) in [5, 5.41) is 0. The van der Waals surface area contributed by atoms with Crippen molar-refractivity contribution < 1.29 is 9.53 Å². The first-order chi connectivity index (χ1) is 8.65. The lowest BCUT2D eigenvalue weighted by atomic mass is 10.1. The Morgan fingerprint density at radius 1 is 1.44 bits per heavy atom. The standard InChI is InChI=1S/C14H11BrO2S/c1-8-6-12(18-14(8)15)13(16)11-7-9-4-2-3-5-10(9)17-11/h2-6,11H,7H2,1H3. The van der Waals surface area contributed by atoms with Gasteiger partial charge < -0.3 is 4.74 Å². The molecule has 1 unspecified atom stereocenters. The van der Waals surface area contributed by atoms with Crippen LogP contribution in [0.1, 0.15) is 20.8 Å². The highest BCUT2D eigenvalue weighted by Crippen LogP contribution is 2.33. The van der Waals surface area contributed by atoms with Crippen molar-refractivity contribution in [2.75, 3.05) is 0 Å². The lowest BCUT2D eigenvalue weighted by Gasteiger charge is -2.07. The monoisotopic (exact) mass is 322 g/mol. The molecule has 3 rings (SSSR count). The van der Waals surface area contributed by atoms with Crippen LogP contribution in [0.5, 0.6) is 5.75 Å². The number of ether oxygens (including phenoxy) is 1. The highest BCUT2D eigenvalue weighted by atomic mass is 79.9. The molecule has 0 N–H and O–H groups in total. The van der Waals surface area contributed by atoms with E-state index in [0.29, 0.717) is 6.42 Å². The van der Waals surface area contributed by atoms with Crippen molar-refractivity contribution in [3.8, 4) is 5.75 Å². The third-order valence-corrected chi connectivity index (χ3v) is 5.19. The van der Waals surface area contributed by atoms with E-state index in [2.05, 4.69) is 15.9 Å². The minimum atomic E-state index is -0.368. The number of aryl methyl sites for hydroxylation is 1. The zero-order chi connectivity index (χ0) is 12.7. The van der Waals surface area contributed by atoms with Crippen LogP contribution < -0.4 is 4.74 Å². The fourth-order valence-corrected chi connectivity index (χ4v) is 3.59. The quantitative estimate of drug-likeness (QED) is 0.781. The summed E-state index contributed by atoms with van der Waals surface area (Å²) >= 11 is 4.92. The fraction of sp³-hybridized carbons (Fsp3) is 0.214. The summed E-state index contributed by atoms with van der Waals surface area (Å²) in [7, 11) is 0. The Morgan fingerprint density at radius 2 is 2.22 bits per heavy atom. The molecule has 2 aromatic rings. The van der Waals surface area contributed by atoms with Gasteiger partial charge in [-0.1, -0.05) is 18.2 Å². The molecule has 1 aliphatic rings. The largest absolute Gasteiger partial charge is 0.482 e. The van der Waals surface area contributed by atoms with Gasteiger partial charge >= 0.3 is 0 Å².